The Morgan fingerprint density at radius 1 is 0.952 bits per heavy atom. The van der Waals surface area contributed by atoms with Gasteiger partial charge in [-0.05, 0) is 37.7 Å². The highest BCUT2D eigenvalue weighted by Crippen LogP contribution is 2.29. The van der Waals surface area contributed by atoms with E-state index < -0.39 is 6.10 Å². The molecule has 1 aromatic carbocycles. The van der Waals surface area contributed by atoms with Crippen LogP contribution in [0, 0.1) is 11.8 Å². The number of hydrogen-bond acceptors (Lipinski definition) is 3. The van der Waals surface area contributed by atoms with E-state index in [0.29, 0.717) is 17.4 Å². The van der Waals surface area contributed by atoms with Gasteiger partial charge in [-0.1, -0.05) is 33.8 Å². The van der Waals surface area contributed by atoms with Gasteiger partial charge in [-0.3, -0.25) is 0 Å². The molecule has 0 amide bonds. The highest BCUT2D eigenvalue weighted by Gasteiger charge is 2.13. The van der Waals surface area contributed by atoms with Crippen molar-refractivity contribution in [2.24, 2.45) is 11.8 Å². The van der Waals surface area contributed by atoms with Crippen LogP contribution in [-0.2, 0) is 0 Å². The third-order valence-corrected chi connectivity index (χ3v) is 3.78. The number of benzene rings is 1. The first-order valence-corrected chi connectivity index (χ1v) is 8.07. The highest BCUT2D eigenvalue weighted by atomic mass is 16.3. The van der Waals surface area contributed by atoms with Gasteiger partial charge in [-0.15, -0.1) is 0 Å². The normalized spacial score (nSPS) is 13.0. The molecular weight excluding hydrogens is 262 g/mol. The largest absolute Gasteiger partial charge is 0.507 e. The average Bonchev–Trinajstić information content (AvgIpc) is 2.37. The number of phenols is 1. The molecule has 0 aliphatic carbocycles. The van der Waals surface area contributed by atoms with E-state index in [1.54, 1.807) is 13.0 Å². The molecule has 120 valence electrons. The zero-order valence-electron chi connectivity index (χ0n) is 14.1. The summed E-state index contributed by atoms with van der Waals surface area (Å²) in [6, 6.07) is 5.61. The Morgan fingerprint density at radius 2 is 1.48 bits per heavy atom. The van der Waals surface area contributed by atoms with E-state index in [1.807, 2.05) is 12.1 Å². The van der Waals surface area contributed by atoms with Crippen molar-refractivity contribution in [3.05, 3.63) is 23.8 Å². The fourth-order valence-electron chi connectivity index (χ4n) is 2.28. The summed E-state index contributed by atoms with van der Waals surface area (Å²) in [6.45, 7) is 12.6. The fraction of sp³-hybridized carbons (Fsp3) is 0.667. The summed E-state index contributed by atoms with van der Waals surface area (Å²) in [7, 11) is 0. The molecule has 3 heteroatoms. The van der Waals surface area contributed by atoms with Gasteiger partial charge in [0.05, 0.1) is 6.10 Å². The second-order valence-corrected chi connectivity index (χ2v) is 6.77. The predicted molar refractivity (Wildman–Crippen MR) is 89.9 cm³/mol. The quantitative estimate of drug-likeness (QED) is 0.749. The minimum Gasteiger partial charge on any atom is -0.507 e. The first-order valence-electron chi connectivity index (χ1n) is 8.07. The van der Waals surface area contributed by atoms with Crippen molar-refractivity contribution in [1.29, 1.82) is 0 Å². The van der Waals surface area contributed by atoms with Gasteiger partial charge in [-0.2, -0.15) is 0 Å². The number of aliphatic hydroxyl groups is 1. The Bertz CT molecular complexity index is 415. The van der Waals surface area contributed by atoms with Crippen molar-refractivity contribution in [2.45, 2.75) is 53.6 Å². The zero-order chi connectivity index (χ0) is 16.0. The predicted octanol–water partition coefficient (Wildman–Crippen LogP) is 4.34. The number of aromatic hydroxyl groups is 1. The van der Waals surface area contributed by atoms with Gasteiger partial charge in [-0.25, -0.2) is 0 Å². The Kier molecular flexibility index (Phi) is 7.03. The molecule has 3 nitrogen and oxygen atoms in total. The second kappa shape index (κ2) is 8.28. The highest BCUT2D eigenvalue weighted by molar-refractivity contribution is 5.53. The summed E-state index contributed by atoms with van der Waals surface area (Å²) in [5.41, 5.74) is 1.63. The van der Waals surface area contributed by atoms with Crippen LogP contribution in [0.15, 0.2) is 18.2 Å². The first-order chi connectivity index (χ1) is 9.81. The van der Waals surface area contributed by atoms with Crippen molar-refractivity contribution in [3.63, 3.8) is 0 Å². The summed E-state index contributed by atoms with van der Waals surface area (Å²) in [4.78, 5) is 2.34. The Labute approximate surface area is 129 Å². The van der Waals surface area contributed by atoms with Gasteiger partial charge in [0.2, 0.25) is 0 Å². The maximum Gasteiger partial charge on any atom is 0.123 e. The molecule has 0 aliphatic rings. The lowest BCUT2D eigenvalue weighted by Crippen LogP contribution is -2.27. The van der Waals surface area contributed by atoms with Crippen molar-refractivity contribution in [3.8, 4) is 5.75 Å². The van der Waals surface area contributed by atoms with E-state index in [1.165, 1.54) is 0 Å². The topological polar surface area (TPSA) is 43.7 Å². The molecule has 0 saturated heterocycles. The van der Waals surface area contributed by atoms with Crippen LogP contribution in [0.4, 0.5) is 5.69 Å². The fourth-order valence-corrected chi connectivity index (χ4v) is 2.28. The van der Waals surface area contributed by atoms with Crippen LogP contribution in [0.1, 0.15) is 59.1 Å². The molecule has 1 rings (SSSR count). The van der Waals surface area contributed by atoms with Gasteiger partial charge in [0.25, 0.3) is 0 Å². The van der Waals surface area contributed by atoms with E-state index in [-0.39, 0.29) is 5.75 Å². The van der Waals surface area contributed by atoms with Crippen LogP contribution in [0.2, 0.25) is 0 Å². The lowest BCUT2D eigenvalue weighted by molar-refractivity contribution is 0.195. The molecule has 0 aromatic heterocycles. The van der Waals surface area contributed by atoms with E-state index in [2.05, 4.69) is 32.6 Å². The SMILES string of the molecule is CC(C)CCN(CCC(C)C)c1ccc(C(C)O)c(O)c1. The van der Waals surface area contributed by atoms with Gasteiger partial charge >= 0.3 is 0 Å². The molecule has 0 spiro atoms. The lowest BCUT2D eigenvalue weighted by atomic mass is 10.1. The summed E-state index contributed by atoms with van der Waals surface area (Å²) in [5, 5.41) is 19.7. The molecule has 1 aromatic rings. The zero-order valence-corrected chi connectivity index (χ0v) is 14.1. The minimum absolute atomic E-state index is 0.182. The molecule has 0 fully saturated rings. The third kappa shape index (κ3) is 5.96. The first kappa shape index (κ1) is 17.8. The molecule has 1 unspecified atom stereocenters. The second-order valence-electron chi connectivity index (χ2n) is 6.77. The maximum atomic E-state index is 10.1. The van der Waals surface area contributed by atoms with Crippen LogP contribution in [0.25, 0.3) is 0 Å². The van der Waals surface area contributed by atoms with Crippen LogP contribution in [-0.4, -0.2) is 23.3 Å². The van der Waals surface area contributed by atoms with E-state index in [0.717, 1.165) is 31.6 Å². The molecule has 0 aliphatic heterocycles. The van der Waals surface area contributed by atoms with Crippen molar-refractivity contribution in [1.82, 2.24) is 0 Å². The van der Waals surface area contributed by atoms with Crippen LogP contribution < -0.4 is 4.90 Å². The van der Waals surface area contributed by atoms with Crippen molar-refractivity contribution >= 4 is 5.69 Å². The van der Waals surface area contributed by atoms with Gasteiger partial charge in [0.1, 0.15) is 5.75 Å². The third-order valence-electron chi connectivity index (χ3n) is 3.78. The molecule has 21 heavy (non-hydrogen) atoms. The number of nitrogens with zero attached hydrogens (tertiary/aromatic N) is 1. The molecule has 0 heterocycles. The summed E-state index contributed by atoms with van der Waals surface area (Å²) >= 11 is 0. The van der Waals surface area contributed by atoms with Crippen LogP contribution in [0.5, 0.6) is 5.75 Å². The number of hydrogen-bond donors (Lipinski definition) is 2. The average molecular weight is 293 g/mol. The Hall–Kier alpha value is -1.22. The molecule has 2 N–H and O–H groups in total. The molecule has 0 saturated carbocycles. The smallest absolute Gasteiger partial charge is 0.123 e. The molecular formula is C18H31NO2. The van der Waals surface area contributed by atoms with Gasteiger partial charge < -0.3 is 15.1 Å². The van der Waals surface area contributed by atoms with E-state index in [9.17, 15) is 10.2 Å². The van der Waals surface area contributed by atoms with E-state index in [4.69, 9.17) is 0 Å². The molecule has 0 radical (unpaired) electrons. The van der Waals surface area contributed by atoms with Gasteiger partial charge in [0.15, 0.2) is 0 Å². The van der Waals surface area contributed by atoms with Gasteiger partial charge in [0, 0.05) is 30.4 Å². The minimum atomic E-state index is -0.640. The van der Waals surface area contributed by atoms with Crippen molar-refractivity contribution < 1.29 is 10.2 Å². The number of phenolic OH excluding ortho intramolecular Hbond substituents is 1. The molecule has 0 bridgehead atoms. The van der Waals surface area contributed by atoms with Crippen LogP contribution in [0.3, 0.4) is 0 Å². The summed E-state index contributed by atoms with van der Waals surface area (Å²) < 4.78 is 0. The number of aliphatic hydroxyl groups excluding tert-OH is 1. The number of anilines is 1. The van der Waals surface area contributed by atoms with E-state index >= 15 is 0 Å². The lowest BCUT2D eigenvalue weighted by Gasteiger charge is -2.27. The summed E-state index contributed by atoms with van der Waals surface area (Å²) in [5.74, 6) is 1.51. The molecule has 1 atom stereocenters. The monoisotopic (exact) mass is 293 g/mol. The maximum absolute atomic E-state index is 10.1. The van der Waals surface area contributed by atoms with Crippen molar-refractivity contribution in [2.75, 3.05) is 18.0 Å². The standard InChI is InChI=1S/C18H31NO2/c1-13(2)8-10-19(11-9-14(3)4)16-6-7-17(15(5)20)18(21)12-16/h6-7,12-15,20-21H,8-11H2,1-5H3. The Morgan fingerprint density at radius 3 is 1.86 bits per heavy atom. The van der Waals surface area contributed by atoms with Crippen LogP contribution >= 0.6 is 0 Å². The Balaban J connectivity index is 2.88. The number of rotatable bonds is 8. The summed E-state index contributed by atoms with van der Waals surface area (Å²) in [6.07, 6.45) is 1.63.